The van der Waals surface area contributed by atoms with Crippen LogP contribution in [0.5, 0.6) is 5.75 Å². The normalized spacial score (nSPS) is 21.8. The summed E-state index contributed by atoms with van der Waals surface area (Å²) >= 11 is 0. The van der Waals surface area contributed by atoms with Gasteiger partial charge in [-0.25, -0.2) is 13.1 Å². The molecule has 0 amide bonds. The zero-order chi connectivity index (χ0) is 15.3. The van der Waals surface area contributed by atoms with E-state index in [4.69, 9.17) is 9.47 Å². The Hall–Kier alpha value is -1.15. The number of sulfonamides is 1. The molecule has 0 aromatic heterocycles. The lowest BCUT2D eigenvalue weighted by Gasteiger charge is -2.31. The van der Waals surface area contributed by atoms with Crippen LogP contribution in [-0.2, 0) is 14.8 Å². The van der Waals surface area contributed by atoms with E-state index in [0.717, 1.165) is 0 Å². The van der Waals surface area contributed by atoms with Gasteiger partial charge in [0.2, 0.25) is 10.0 Å². The zero-order valence-electron chi connectivity index (χ0n) is 12.0. The minimum absolute atomic E-state index is 0.210. The molecule has 2 N–H and O–H groups in total. The molecular weight excluding hydrogens is 294 g/mol. The Labute approximate surface area is 125 Å². The molecule has 0 atom stereocenters. The SMILES string of the molecule is COCCOc1ccc(S(=O)(=O)NCC2CC(O)C2)cc1. The third-order valence-electron chi connectivity index (χ3n) is 3.46. The van der Waals surface area contributed by atoms with Crippen molar-refractivity contribution in [1.82, 2.24) is 4.72 Å². The number of methoxy groups -OCH3 is 1. The van der Waals surface area contributed by atoms with E-state index in [1.165, 1.54) is 12.1 Å². The molecule has 1 aliphatic rings. The average Bonchev–Trinajstić information content (AvgIpc) is 2.43. The molecule has 6 nitrogen and oxygen atoms in total. The Morgan fingerprint density at radius 3 is 2.48 bits per heavy atom. The summed E-state index contributed by atoms with van der Waals surface area (Å²) in [7, 11) is -1.91. The van der Waals surface area contributed by atoms with Gasteiger partial charge in [-0.05, 0) is 43.0 Å². The third kappa shape index (κ3) is 4.67. The summed E-state index contributed by atoms with van der Waals surface area (Å²) in [6.45, 7) is 1.27. The lowest BCUT2D eigenvalue weighted by Crippen LogP contribution is -2.38. The number of nitrogens with one attached hydrogen (secondary N) is 1. The second-order valence-corrected chi connectivity index (χ2v) is 6.92. The molecule has 0 heterocycles. The molecule has 1 aromatic rings. The van der Waals surface area contributed by atoms with Crippen LogP contribution in [0.15, 0.2) is 29.2 Å². The molecule has 0 aliphatic heterocycles. The molecule has 21 heavy (non-hydrogen) atoms. The standard InChI is InChI=1S/C14H21NO5S/c1-19-6-7-20-13-2-4-14(5-3-13)21(17,18)15-10-11-8-12(16)9-11/h2-5,11-12,15-16H,6-10H2,1H3. The van der Waals surface area contributed by atoms with Gasteiger partial charge in [-0.1, -0.05) is 0 Å². The van der Waals surface area contributed by atoms with Gasteiger partial charge in [-0.2, -0.15) is 0 Å². The van der Waals surface area contributed by atoms with Crippen molar-refractivity contribution in [2.24, 2.45) is 5.92 Å². The molecule has 0 radical (unpaired) electrons. The highest BCUT2D eigenvalue weighted by atomic mass is 32.2. The lowest BCUT2D eigenvalue weighted by atomic mass is 9.83. The van der Waals surface area contributed by atoms with E-state index in [1.807, 2.05) is 0 Å². The lowest BCUT2D eigenvalue weighted by molar-refractivity contribution is 0.0453. The van der Waals surface area contributed by atoms with Gasteiger partial charge in [0.15, 0.2) is 0 Å². The molecule has 0 spiro atoms. The van der Waals surface area contributed by atoms with Crippen molar-refractivity contribution in [3.8, 4) is 5.75 Å². The fourth-order valence-corrected chi connectivity index (χ4v) is 3.25. The number of hydrogen-bond acceptors (Lipinski definition) is 5. The average molecular weight is 315 g/mol. The Balaban J connectivity index is 1.87. The van der Waals surface area contributed by atoms with Crippen LogP contribution >= 0.6 is 0 Å². The first-order valence-corrected chi connectivity index (χ1v) is 8.39. The largest absolute Gasteiger partial charge is 0.491 e. The number of benzene rings is 1. The Morgan fingerprint density at radius 1 is 1.24 bits per heavy atom. The number of rotatable bonds is 8. The van der Waals surface area contributed by atoms with Gasteiger partial charge in [-0.3, -0.25) is 0 Å². The summed E-state index contributed by atoms with van der Waals surface area (Å²) in [5.74, 6) is 0.833. The van der Waals surface area contributed by atoms with Crippen molar-refractivity contribution in [3.05, 3.63) is 24.3 Å². The fraction of sp³-hybridized carbons (Fsp3) is 0.571. The summed E-state index contributed by atoms with van der Waals surface area (Å²) in [5.41, 5.74) is 0. The molecule has 1 aliphatic carbocycles. The third-order valence-corrected chi connectivity index (χ3v) is 4.90. The maximum absolute atomic E-state index is 12.1. The van der Waals surface area contributed by atoms with Gasteiger partial charge in [-0.15, -0.1) is 0 Å². The highest BCUT2D eigenvalue weighted by molar-refractivity contribution is 7.89. The van der Waals surface area contributed by atoms with Crippen molar-refractivity contribution >= 4 is 10.0 Å². The molecule has 0 bridgehead atoms. The zero-order valence-corrected chi connectivity index (χ0v) is 12.8. The van der Waals surface area contributed by atoms with E-state index in [-0.39, 0.29) is 16.9 Å². The fourth-order valence-electron chi connectivity index (χ4n) is 2.14. The minimum Gasteiger partial charge on any atom is -0.491 e. The van der Waals surface area contributed by atoms with Crippen molar-refractivity contribution in [1.29, 1.82) is 0 Å². The molecule has 1 aromatic carbocycles. The summed E-state index contributed by atoms with van der Waals surface area (Å²) < 4.78 is 37.0. The first-order chi connectivity index (χ1) is 10.0. The molecule has 1 saturated carbocycles. The van der Waals surface area contributed by atoms with Crippen LogP contribution in [0.1, 0.15) is 12.8 Å². The molecule has 118 valence electrons. The predicted octanol–water partition coefficient (Wildman–Crippen LogP) is 0.761. The predicted molar refractivity (Wildman–Crippen MR) is 77.7 cm³/mol. The summed E-state index contributed by atoms with van der Waals surface area (Å²) in [6, 6.07) is 6.27. The second kappa shape index (κ2) is 7.22. The highest BCUT2D eigenvalue weighted by Gasteiger charge is 2.28. The van der Waals surface area contributed by atoms with E-state index in [0.29, 0.717) is 38.3 Å². The van der Waals surface area contributed by atoms with Crippen molar-refractivity contribution in [2.45, 2.75) is 23.8 Å². The van der Waals surface area contributed by atoms with Crippen molar-refractivity contribution < 1.29 is 23.0 Å². The molecule has 0 unspecified atom stereocenters. The molecule has 7 heteroatoms. The highest BCUT2D eigenvalue weighted by Crippen LogP contribution is 2.26. The topological polar surface area (TPSA) is 84.9 Å². The Kier molecular flexibility index (Phi) is 5.58. The van der Waals surface area contributed by atoms with Crippen molar-refractivity contribution in [3.63, 3.8) is 0 Å². The van der Waals surface area contributed by atoms with Gasteiger partial charge in [0.1, 0.15) is 12.4 Å². The van der Waals surface area contributed by atoms with Crippen LogP contribution in [0.4, 0.5) is 0 Å². The van der Waals surface area contributed by atoms with Crippen LogP contribution in [0.2, 0.25) is 0 Å². The second-order valence-electron chi connectivity index (χ2n) is 5.16. The molecule has 2 rings (SSSR count). The summed E-state index contributed by atoms with van der Waals surface area (Å²) in [5, 5.41) is 9.18. The first kappa shape index (κ1) is 16.2. The molecule has 1 fully saturated rings. The Bertz CT molecular complexity index is 537. The van der Waals surface area contributed by atoms with E-state index < -0.39 is 10.0 Å². The van der Waals surface area contributed by atoms with Crippen LogP contribution in [0, 0.1) is 5.92 Å². The maximum Gasteiger partial charge on any atom is 0.240 e. The van der Waals surface area contributed by atoms with Gasteiger partial charge in [0, 0.05) is 13.7 Å². The van der Waals surface area contributed by atoms with Crippen LogP contribution in [-0.4, -0.2) is 46.5 Å². The number of aliphatic hydroxyl groups is 1. The Morgan fingerprint density at radius 2 is 1.90 bits per heavy atom. The van der Waals surface area contributed by atoms with Crippen LogP contribution in [0.25, 0.3) is 0 Å². The number of aliphatic hydroxyl groups excluding tert-OH is 1. The van der Waals surface area contributed by atoms with Gasteiger partial charge >= 0.3 is 0 Å². The van der Waals surface area contributed by atoms with Crippen LogP contribution < -0.4 is 9.46 Å². The van der Waals surface area contributed by atoms with E-state index >= 15 is 0 Å². The van der Waals surface area contributed by atoms with E-state index in [1.54, 1.807) is 19.2 Å². The first-order valence-electron chi connectivity index (χ1n) is 6.91. The smallest absolute Gasteiger partial charge is 0.240 e. The van der Waals surface area contributed by atoms with Gasteiger partial charge < -0.3 is 14.6 Å². The van der Waals surface area contributed by atoms with Crippen molar-refractivity contribution in [2.75, 3.05) is 26.9 Å². The molecule has 0 saturated heterocycles. The van der Waals surface area contributed by atoms with Crippen LogP contribution in [0.3, 0.4) is 0 Å². The maximum atomic E-state index is 12.1. The summed E-state index contributed by atoms with van der Waals surface area (Å²) in [4.78, 5) is 0.210. The molecular formula is C14H21NO5S. The quantitative estimate of drug-likeness (QED) is 0.692. The minimum atomic E-state index is -3.50. The van der Waals surface area contributed by atoms with E-state index in [2.05, 4.69) is 4.72 Å². The monoisotopic (exact) mass is 315 g/mol. The van der Waals surface area contributed by atoms with Gasteiger partial charge in [0.05, 0.1) is 17.6 Å². The van der Waals surface area contributed by atoms with Gasteiger partial charge in [0.25, 0.3) is 0 Å². The van der Waals surface area contributed by atoms with E-state index in [9.17, 15) is 13.5 Å². The number of ether oxygens (including phenoxy) is 2. The summed E-state index contributed by atoms with van der Waals surface area (Å²) in [6.07, 6.45) is 1.05. The number of hydrogen-bond donors (Lipinski definition) is 2.